The average Bonchev–Trinajstić information content (AvgIpc) is 3.39. The van der Waals surface area contributed by atoms with E-state index in [0.717, 1.165) is 16.0 Å². The quantitative estimate of drug-likeness (QED) is 0.653. The highest BCUT2D eigenvalue weighted by Gasteiger charge is 2.32. The molecule has 0 saturated carbocycles. The maximum Gasteiger partial charge on any atom is 0.255 e. The topological polar surface area (TPSA) is 71.5 Å². The number of carbonyl (C=O) groups excluding carboxylic acids is 2. The van der Waals surface area contributed by atoms with Crippen LogP contribution in [0.3, 0.4) is 0 Å². The van der Waals surface area contributed by atoms with Gasteiger partial charge in [-0.2, -0.15) is 0 Å². The fraction of sp³-hybridized carbons (Fsp3) is 0.227. The van der Waals surface area contributed by atoms with Gasteiger partial charge in [-0.25, -0.2) is 0 Å². The van der Waals surface area contributed by atoms with E-state index in [1.165, 1.54) is 0 Å². The van der Waals surface area contributed by atoms with Crippen LogP contribution in [0.2, 0.25) is 0 Å². The van der Waals surface area contributed by atoms with Gasteiger partial charge in [-0.05, 0) is 40.8 Å². The molecule has 0 spiro atoms. The number of nitrogens with zero attached hydrogens (tertiary/aromatic N) is 2. The molecule has 1 atom stereocenters. The highest BCUT2D eigenvalue weighted by atomic mass is 32.1. The maximum atomic E-state index is 13.2. The molecule has 1 aliphatic rings. The van der Waals surface area contributed by atoms with Crippen LogP contribution in [0.4, 0.5) is 0 Å². The molecule has 1 N–H and O–H groups in total. The Morgan fingerprint density at radius 1 is 1.24 bits per heavy atom. The number of rotatable bonds is 7. The molecule has 0 bridgehead atoms. The largest absolute Gasteiger partial charge is 0.383 e. The predicted octanol–water partition coefficient (Wildman–Crippen LogP) is 3.26. The molecule has 29 heavy (non-hydrogen) atoms. The summed E-state index contributed by atoms with van der Waals surface area (Å²) in [6, 6.07) is 12.9. The van der Waals surface area contributed by atoms with E-state index in [9.17, 15) is 9.59 Å². The number of thiophene rings is 1. The van der Waals surface area contributed by atoms with E-state index in [2.05, 4.69) is 10.3 Å². The van der Waals surface area contributed by atoms with Gasteiger partial charge in [0.15, 0.2) is 0 Å². The van der Waals surface area contributed by atoms with Gasteiger partial charge in [0.1, 0.15) is 0 Å². The zero-order valence-electron chi connectivity index (χ0n) is 16.0. The molecule has 148 valence electrons. The molecule has 1 aliphatic heterocycles. The van der Waals surface area contributed by atoms with Gasteiger partial charge < -0.3 is 15.0 Å². The second kappa shape index (κ2) is 8.55. The summed E-state index contributed by atoms with van der Waals surface area (Å²) in [5.74, 6) is -0.390. The van der Waals surface area contributed by atoms with E-state index in [4.69, 9.17) is 4.74 Å². The summed E-state index contributed by atoms with van der Waals surface area (Å²) in [5.41, 5.74) is 2.70. The first-order valence-corrected chi connectivity index (χ1v) is 10.2. The van der Waals surface area contributed by atoms with Crippen molar-refractivity contribution < 1.29 is 14.3 Å². The number of hydrogen-bond acceptors (Lipinski definition) is 5. The molecule has 0 aliphatic carbocycles. The lowest BCUT2D eigenvalue weighted by Crippen LogP contribution is -2.31. The molecule has 3 heterocycles. The number of nitrogens with one attached hydrogen (secondary N) is 1. The van der Waals surface area contributed by atoms with Crippen molar-refractivity contribution in [1.82, 2.24) is 15.2 Å². The molecule has 4 rings (SSSR count). The molecule has 2 aromatic heterocycles. The number of amides is 2. The van der Waals surface area contributed by atoms with E-state index in [0.29, 0.717) is 30.8 Å². The number of aromatic nitrogens is 1. The summed E-state index contributed by atoms with van der Waals surface area (Å²) in [4.78, 5) is 32.9. The molecule has 7 heteroatoms. The maximum absolute atomic E-state index is 13.2. The second-order valence-corrected chi connectivity index (χ2v) is 7.74. The number of carbonyl (C=O) groups is 2. The van der Waals surface area contributed by atoms with Gasteiger partial charge in [-0.15, -0.1) is 11.3 Å². The minimum atomic E-state index is -0.303. The lowest BCUT2D eigenvalue weighted by molar-refractivity contribution is 0.0715. The third kappa shape index (κ3) is 3.92. The normalized spacial score (nSPS) is 14.0. The molecular formula is C22H21N3O3S. The molecule has 2 amide bonds. The Morgan fingerprint density at radius 3 is 2.79 bits per heavy atom. The number of pyridine rings is 1. The summed E-state index contributed by atoms with van der Waals surface area (Å²) < 4.78 is 5.09. The van der Waals surface area contributed by atoms with E-state index in [1.807, 2.05) is 41.8 Å². The van der Waals surface area contributed by atoms with Gasteiger partial charge in [0.2, 0.25) is 0 Å². The van der Waals surface area contributed by atoms with Crippen LogP contribution in [-0.4, -0.2) is 42.0 Å². The van der Waals surface area contributed by atoms with Crippen molar-refractivity contribution in [2.75, 3.05) is 20.3 Å². The third-order valence-electron chi connectivity index (χ3n) is 4.97. The Labute approximate surface area is 173 Å². The molecule has 0 fully saturated rings. The number of benzene rings is 1. The van der Waals surface area contributed by atoms with Crippen LogP contribution < -0.4 is 5.32 Å². The summed E-state index contributed by atoms with van der Waals surface area (Å²) in [6.45, 7) is 1.46. The fourth-order valence-electron chi connectivity index (χ4n) is 3.53. The zero-order chi connectivity index (χ0) is 20.2. The number of hydrogen-bond donors (Lipinski definition) is 1. The first-order chi connectivity index (χ1) is 14.2. The van der Waals surface area contributed by atoms with Crippen LogP contribution in [0.25, 0.3) is 0 Å². The van der Waals surface area contributed by atoms with Crippen LogP contribution in [0.1, 0.15) is 42.8 Å². The van der Waals surface area contributed by atoms with Crippen LogP contribution in [-0.2, 0) is 11.3 Å². The summed E-state index contributed by atoms with van der Waals surface area (Å²) >= 11 is 1.57. The standard InChI is InChI=1S/C22H21N3O3S/c1-28-12-11-25-14-16-4-2-5-17(19(16)22(25)27)21(26)24-20(18-6-3-13-29-18)15-7-9-23-10-8-15/h2-10,13,20H,11-12,14H2,1H3,(H,24,26)/t20-/m0/s1. The Hall–Kier alpha value is -3.03. The van der Waals surface area contributed by atoms with Crippen molar-refractivity contribution in [3.05, 3.63) is 87.4 Å². The molecular weight excluding hydrogens is 386 g/mol. The van der Waals surface area contributed by atoms with Crippen molar-refractivity contribution in [2.45, 2.75) is 12.6 Å². The van der Waals surface area contributed by atoms with Gasteiger partial charge in [0.05, 0.1) is 23.8 Å². The lowest BCUT2D eigenvalue weighted by atomic mass is 10.0. The molecule has 3 aromatic rings. The van der Waals surface area contributed by atoms with Crippen molar-refractivity contribution >= 4 is 23.2 Å². The minimum Gasteiger partial charge on any atom is -0.383 e. The van der Waals surface area contributed by atoms with E-state index in [1.54, 1.807) is 41.8 Å². The van der Waals surface area contributed by atoms with Crippen molar-refractivity contribution in [3.8, 4) is 0 Å². The Morgan fingerprint density at radius 2 is 2.07 bits per heavy atom. The average molecular weight is 407 g/mol. The Kier molecular flexibility index (Phi) is 5.69. The molecule has 0 unspecified atom stereocenters. The van der Waals surface area contributed by atoms with Crippen LogP contribution in [0.15, 0.2) is 60.2 Å². The SMILES string of the molecule is COCCN1Cc2cccc(C(=O)N[C@@H](c3ccncc3)c3cccs3)c2C1=O. The number of ether oxygens (including phenoxy) is 1. The zero-order valence-corrected chi connectivity index (χ0v) is 16.8. The highest BCUT2D eigenvalue weighted by Crippen LogP contribution is 2.29. The van der Waals surface area contributed by atoms with E-state index >= 15 is 0 Å². The molecule has 1 aromatic carbocycles. The van der Waals surface area contributed by atoms with Gasteiger partial charge in [0, 0.05) is 37.5 Å². The number of fused-ring (bicyclic) bond motifs is 1. The van der Waals surface area contributed by atoms with Crippen molar-refractivity contribution in [1.29, 1.82) is 0 Å². The van der Waals surface area contributed by atoms with Gasteiger partial charge >= 0.3 is 0 Å². The molecule has 0 saturated heterocycles. The summed E-state index contributed by atoms with van der Waals surface area (Å²) in [6.07, 6.45) is 3.42. The highest BCUT2D eigenvalue weighted by molar-refractivity contribution is 7.10. The smallest absolute Gasteiger partial charge is 0.255 e. The predicted molar refractivity (Wildman–Crippen MR) is 111 cm³/mol. The van der Waals surface area contributed by atoms with Gasteiger partial charge in [-0.1, -0.05) is 18.2 Å². The monoisotopic (exact) mass is 407 g/mol. The van der Waals surface area contributed by atoms with Gasteiger partial charge in [-0.3, -0.25) is 14.6 Å². The van der Waals surface area contributed by atoms with Crippen LogP contribution >= 0.6 is 11.3 Å². The Bertz CT molecular complexity index is 1010. The van der Waals surface area contributed by atoms with Crippen LogP contribution in [0, 0.1) is 0 Å². The van der Waals surface area contributed by atoms with Crippen molar-refractivity contribution in [2.24, 2.45) is 0 Å². The fourth-order valence-corrected chi connectivity index (χ4v) is 4.33. The third-order valence-corrected chi connectivity index (χ3v) is 5.90. The Balaban J connectivity index is 1.63. The van der Waals surface area contributed by atoms with Crippen LogP contribution in [0.5, 0.6) is 0 Å². The second-order valence-electron chi connectivity index (χ2n) is 6.76. The van der Waals surface area contributed by atoms with Gasteiger partial charge in [0.25, 0.3) is 11.8 Å². The first kappa shape index (κ1) is 19.3. The summed E-state index contributed by atoms with van der Waals surface area (Å²) in [7, 11) is 1.61. The number of methoxy groups -OCH3 is 1. The van der Waals surface area contributed by atoms with Crippen molar-refractivity contribution in [3.63, 3.8) is 0 Å². The minimum absolute atomic E-state index is 0.126. The van der Waals surface area contributed by atoms with E-state index < -0.39 is 0 Å². The van der Waals surface area contributed by atoms with E-state index in [-0.39, 0.29) is 17.9 Å². The first-order valence-electron chi connectivity index (χ1n) is 9.33. The summed E-state index contributed by atoms with van der Waals surface area (Å²) in [5, 5.41) is 5.09. The lowest BCUT2D eigenvalue weighted by Gasteiger charge is -2.19. The molecule has 0 radical (unpaired) electrons. The molecule has 6 nitrogen and oxygen atoms in total.